The minimum Gasteiger partial charge on any atom is -0.311 e. The first-order valence-corrected chi connectivity index (χ1v) is 5.25. The van der Waals surface area contributed by atoms with Gasteiger partial charge in [-0.1, -0.05) is 6.92 Å². The monoisotopic (exact) mass is 159 g/mol. The van der Waals surface area contributed by atoms with Crippen LogP contribution in [-0.2, 0) is 0 Å². The Morgan fingerprint density at radius 2 is 2.20 bits per heavy atom. The van der Waals surface area contributed by atoms with Crippen LogP contribution >= 0.6 is 11.8 Å². The van der Waals surface area contributed by atoms with Gasteiger partial charge in [0, 0.05) is 17.8 Å². The van der Waals surface area contributed by atoms with E-state index in [2.05, 4.69) is 19.2 Å². The quantitative estimate of drug-likeness (QED) is 0.615. The molecule has 60 valence electrons. The van der Waals surface area contributed by atoms with E-state index in [1.807, 2.05) is 11.8 Å². The summed E-state index contributed by atoms with van der Waals surface area (Å²) in [4.78, 5) is 0. The molecule has 1 N–H and O–H groups in total. The van der Waals surface area contributed by atoms with Crippen LogP contribution in [0.4, 0.5) is 0 Å². The summed E-state index contributed by atoms with van der Waals surface area (Å²) in [6.45, 7) is 5.71. The minimum atomic E-state index is 0.536. The smallest absolute Gasteiger partial charge is 0.0155 e. The maximum Gasteiger partial charge on any atom is 0.0155 e. The highest BCUT2D eigenvalue weighted by atomic mass is 32.2. The van der Waals surface area contributed by atoms with Crippen molar-refractivity contribution < 1.29 is 0 Å². The van der Waals surface area contributed by atoms with Crippen molar-refractivity contribution in [1.29, 1.82) is 0 Å². The average Bonchev–Trinajstić information content (AvgIpc) is 2.62. The van der Waals surface area contributed by atoms with Gasteiger partial charge in [-0.15, -0.1) is 0 Å². The topological polar surface area (TPSA) is 12.0 Å². The molecule has 0 bridgehead atoms. The van der Waals surface area contributed by atoms with Crippen LogP contribution in [0.3, 0.4) is 0 Å². The molecule has 1 fully saturated rings. The molecule has 0 aromatic carbocycles. The summed E-state index contributed by atoms with van der Waals surface area (Å²) < 4.78 is 0. The van der Waals surface area contributed by atoms with Gasteiger partial charge in [-0.3, -0.25) is 0 Å². The van der Waals surface area contributed by atoms with Gasteiger partial charge < -0.3 is 5.32 Å². The number of hydrogen-bond acceptors (Lipinski definition) is 2. The largest absolute Gasteiger partial charge is 0.311 e. The molecular formula is C8H17NS. The summed E-state index contributed by atoms with van der Waals surface area (Å²) in [7, 11) is 0. The van der Waals surface area contributed by atoms with Gasteiger partial charge >= 0.3 is 0 Å². The van der Waals surface area contributed by atoms with Crippen LogP contribution in [0.5, 0.6) is 0 Å². The Bertz CT molecular complexity index is 99.4. The van der Waals surface area contributed by atoms with Gasteiger partial charge in [0.2, 0.25) is 0 Å². The summed E-state index contributed by atoms with van der Waals surface area (Å²) in [6, 6.07) is 0. The van der Waals surface area contributed by atoms with Gasteiger partial charge in [-0.25, -0.2) is 0 Å². The maximum absolute atomic E-state index is 3.55. The fourth-order valence-electron chi connectivity index (χ4n) is 0.934. The molecular weight excluding hydrogens is 142 g/mol. The van der Waals surface area contributed by atoms with E-state index in [1.54, 1.807) is 0 Å². The van der Waals surface area contributed by atoms with Gasteiger partial charge in [-0.05, 0) is 25.5 Å². The van der Waals surface area contributed by atoms with Gasteiger partial charge in [0.05, 0.1) is 0 Å². The molecule has 0 unspecified atom stereocenters. The number of thioether (sulfide) groups is 1. The lowest BCUT2D eigenvalue weighted by atomic mass is 10.3. The summed E-state index contributed by atoms with van der Waals surface area (Å²) >= 11 is 2.01. The van der Waals surface area contributed by atoms with E-state index in [4.69, 9.17) is 0 Å². The maximum atomic E-state index is 3.55. The third kappa shape index (κ3) is 2.93. The summed E-state index contributed by atoms with van der Waals surface area (Å²) in [6.07, 6.45) is 2.76. The van der Waals surface area contributed by atoms with Crippen LogP contribution in [0.1, 0.15) is 26.7 Å². The van der Waals surface area contributed by atoms with E-state index in [0.717, 1.165) is 0 Å². The third-order valence-corrected chi connectivity index (χ3v) is 2.90. The van der Waals surface area contributed by atoms with Crippen molar-refractivity contribution in [2.45, 2.75) is 32.2 Å². The van der Waals surface area contributed by atoms with Crippen molar-refractivity contribution in [3.8, 4) is 0 Å². The predicted octanol–water partition coefficient (Wildman–Crippen LogP) is 1.88. The van der Waals surface area contributed by atoms with E-state index < -0.39 is 0 Å². The Labute approximate surface area is 68.0 Å². The SMILES string of the molecule is CCSCCNC1(C)CC1. The van der Waals surface area contributed by atoms with E-state index >= 15 is 0 Å². The molecule has 1 aliphatic rings. The zero-order valence-electron chi connectivity index (χ0n) is 6.94. The van der Waals surface area contributed by atoms with E-state index in [9.17, 15) is 0 Å². The highest BCUT2D eigenvalue weighted by molar-refractivity contribution is 7.99. The highest BCUT2D eigenvalue weighted by Crippen LogP contribution is 2.33. The fourth-order valence-corrected chi connectivity index (χ4v) is 1.47. The minimum absolute atomic E-state index is 0.536. The normalized spacial score (nSPS) is 21.0. The van der Waals surface area contributed by atoms with Crippen LogP contribution in [0, 0.1) is 0 Å². The molecule has 0 atom stereocenters. The van der Waals surface area contributed by atoms with Crippen molar-refractivity contribution in [3.63, 3.8) is 0 Å². The van der Waals surface area contributed by atoms with Crippen LogP contribution in [0.15, 0.2) is 0 Å². The molecule has 1 nitrogen and oxygen atoms in total. The highest BCUT2D eigenvalue weighted by Gasteiger charge is 2.35. The summed E-state index contributed by atoms with van der Waals surface area (Å²) in [5.41, 5.74) is 0.536. The van der Waals surface area contributed by atoms with Gasteiger partial charge in [0.15, 0.2) is 0 Å². The van der Waals surface area contributed by atoms with Gasteiger partial charge in [-0.2, -0.15) is 11.8 Å². The zero-order valence-corrected chi connectivity index (χ0v) is 7.76. The first-order chi connectivity index (χ1) is 4.77. The lowest BCUT2D eigenvalue weighted by Crippen LogP contribution is -2.29. The Morgan fingerprint density at radius 3 is 2.70 bits per heavy atom. The van der Waals surface area contributed by atoms with E-state index in [1.165, 1.54) is 30.9 Å². The lowest BCUT2D eigenvalue weighted by molar-refractivity contribution is 0.562. The first kappa shape index (κ1) is 8.41. The number of hydrogen-bond donors (Lipinski definition) is 1. The van der Waals surface area contributed by atoms with Crippen molar-refractivity contribution in [3.05, 3.63) is 0 Å². The molecule has 1 aliphatic carbocycles. The predicted molar refractivity (Wildman–Crippen MR) is 48.6 cm³/mol. The summed E-state index contributed by atoms with van der Waals surface area (Å²) in [5.74, 6) is 2.52. The average molecular weight is 159 g/mol. The molecule has 0 spiro atoms. The summed E-state index contributed by atoms with van der Waals surface area (Å²) in [5, 5.41) is 3.55. The Kier molecular flexibility index (Phi) is 3.05. The molecule has 0 aliphatic heterocycles. The first-order valence-electron chi connectivity index (χ1n) is 4.10. The van der Waals surface area contributed by atoms with Crippen molar-refractivity contribution >= 4 is 11.8 Å². The molecule has 0 aromatic rings. The van der Waals surface area contributed by atoms with E-state index in [0.29, 0.717) is 5.54 Å². The fraction of sp³-hybridized carbons (Fsp3) is 1.00. The molecule has 0 aromatic heterocycles. The lowest BCUT2D eigenvalue weighted by Gasteiger charge is -2.09. The van der Waals surface area contributed by atoms with Crippen LogP contribution < -0.4 is 5.32 Å². The standard InChI is InChI=1S/C8H17NS/c1-3-10-7-6-9-8(2)4-5-8/h9H,3-7H2,1-2H3. The molecule has 1 saturated carbocycles. The Balaban J connectivity index is 1.86. The third-order valence-electron chi connectivity index (χ3n) is 2.00. The zero-order chi connectivity index (χ0) is 7.45. The molecule has 2 heteroatoms. The number of nitrogens with one attached hydrogen (secondary N) is 1. The second-order valence-electron chi connectivity index (χ2n) is 3.18. The molecule has 0 saturated heterocycles. The number of rotatable bonds is 5. The Morgan fingerprint density at radius 1 is 1.50 bits per heavy atom. The van der Waals surface area contributed by atoms with Crippen molar-refractivity contribution in [2.24, 2.45) is 0 Å². The van der Waals surface area contributed by atoms with E-state index in [-0.39, 0.29) is 0 Å². The molecule has 0 radical (unpaired) electrons. The van der Waals surface area contributed by atoms with Crippen molar-refractivity contribution in [1.82, 2.24) is 5.32 Å². The molecule has 0 heterocycles. The van der Waals surface area contributed by atoms with Crippen molar-refractivity contribution in [2.75, 3.05) is 18.1 Å². The Hall–Kier alpha value is 0.310. The molecule has 10 heavy (non-hydrogen) atoms. The molecule has 1 rings (SSSR count). The molecule has 0 amide bonds. The second kappa shape index (κ2) is 3.63. The second-order valence-corrected chi connectivity index (χ2v) is 4.58. The van der Waals surface area contributed by atoms with Gasteiger partial charge in [0.25, 0.3) is 0 Å². The van der Waals surface area contributed by atoms with Crippen LogP contribution in [-0.4, -0.2) is 23.6 Å². The van der Waals surface area contributed by atoms with Gasteiger partial charge in [0.1, 0.15) is 0 Å². The van der Waals surface area contributed by atoms with Crippen LogP contribution in [0.2, 0.25) is 0 Å². The van der Waals surface area contributed by atoms with Crippen LogP contribution in [0.25, 0.3) is 0 Å².